The Kier molecular flexibility index (Phi) is 5.43. The van der Waals surface area contributed by atoms with Crippen molar-refractivity contribution in [3.63, 3.8) is 0 Å². The Bertz CT molecular complexity index is 1430. The highest BCUT2D eigenvalue weighted by Crippen LogP contribution is 2.40. The molecular formula is C25H27FN6O3. The Morgan fingerprint density at radius 2 is 1.97 bits per heavy atom. The molecule has 0 amide bonds. The second-order valence-electron chi connectivity index (χ2n) is 10.1. The molecule has 0 aliphatic carbocycles. The Morgan fingerprint density at radius 1 is 1.17 bits per heavy atom. The van der Waals surface area contributed by atoms with E-state index in [0.29, 0.717) is 46.7 Å². The number of fused-ring (bicyclic) bond motifs is 2. The van der Waals surface area contributed by atoms with Crippen LogP contribution in [0.5, 0.6) is 11.6 Å². The average Bonchev–Trinajstić information content (AvgIpc) is 3.23. The Balaban J connectivity index is 1.59. The lowest BCUT2D eigenvalue weighted by atomic mass is 9.78. The predicted octanol–water partition coefficient (Wildman–Crippen LogP) is 4.02. The molecule has 0 spiro atoms. The van der Waals surface area contributed by atoms with Crippen LogP contribution >= 0.6 is 0 Å². The maximum absolute atomic E-state index is 15.5. The van der Waals surface area contributed by atoms with Crippen molar-refractivity contribution in [3.8, 4) is 22.9 Å². The first-order valence-corrected chi connectivity index (χ1v) is 11.3. The Morgan fingerprint density at radius 3 is 2.71 bits per heavy atom. The standard InChI is InChI=1S/C25H27FN6O3/c1-24(2)11-19(22(26)25(3,4)31-24)32-7-6-14-8-16(29-30-23(14)32)15-9-17-18(10-20(15)35-13-33)28-21(34-5)12-27-17/h6-10,12-13,19,22,31H,11H2,1-5H3/t19-,22-/m0/s1. The largest absolute Gasteiger partial charge is 0.480 e. The van der Waals surface area contributed by atoms with Gasteiger partial charge < -0.3 is 19.4 Å². The molecule has 0 saturated carbocycles. The zero-order valence-corrected chi connectivity index (χ0v) is 20.2. The molecule has 9 nitrogen and oxygen atoms in total. The lowest BCUT2D eigenvalue weighted by molar-refractivity contribution is -0.120. The van der Waals surface area contributed by atoms with Gasteiger partial charge in [-0.3, -0.25) is 4.79 Å². The van der Waals surface area contributed by atoms with Crippen LogP contribution in [0.25, 0.3) is 33.3 Å². The molecule has 35 heavy (non-hydrogen) atoms. The third-order valence-corrected chi connectivity index (χ3v) is 6.51. The number of benzene rings is 1. The topological polar surface area (TPSA) is 104 Å². The summed E-state index contributed by atoms with van der Waals surface area (Å²) in [5.41, 5.74) is 1.79. The molecule has 2 atom stereocenters. The second kappa shape index (κ2) is 8.23. The highest BCUT2D eigenvalue weighted by Gasteiger charge is 2.47. The molecule has 5 rings (SSSR count). The van der Waals surface area contributed by atoms with Crippen LogP contribution in [0.15, 0.2) is 36.7 Å². The SMILES string of the molecule is COc1cnc2cc(-c3cc4ccn([C@H]5CC(C)(C)NC(C)(C)[C@H]5F)c4nn3)c(OC=O)cc2n1. The van der Waals surface area contributed by atoms with E-state index in [1.165, 1.54) is 13.3 Å². The molecule has 1 aromatic carbocycles. The van der Waals surface area contributed by atoms with Gasteiger partial charge in [0.25, 0.3) is 6.47 Å². The number of halogens is 1. The molecule has 182 valence electrons. The van der Waals surface area contributed by atoms with Gasteiger partial charge in [0.05, 0.1) is 36.1 Å². The van der Waals surface area contributed by atoms with E-state index in [4.69, 9.17) is 9.47 Å². The van der Waals surface area contributed by atoms with E-state index in [0.717, 1.165) is 5.39 Å². The maximum Gasteiger partial charge on any atom is 0.298 e. The fourth-order valence-electron chi connectivity index (χ4n) is 5.16. The van der Waals surface area contributed by atoms with Gasteiger partial charge in [-0.2, -0.15) is 0 Å². The summed E-state index contributed by atoms with van der Waals surface area (Å²) in [5.74, 6) is 0.620. The number of carbonyl (C=O) groups is 1. The number of aromatic nitrogens is 5. The fourth-order valence-corrected chi connectivity index (χ4v) is 5.16. The minimum atomic E-state index is -1.11. The molecule has 1 saturated heterocycles. The molecule has 0 bridgehead atoms. The maximum atomic E-state index is 15.5. The lowest BCUT2D eigenvalue weighted by Gasteiger charge is -2.49. The van der Waals surface area contributed by atoms with Crippen molar-refractivity contribution in [2.75, 3.05) is 7.11 Å². The van der Waals surface area contributed by atoms with E-state index < -0.39 is 17.8 Å². The minimum absolute atomic E-state index is 0.239. The molecule has 1 fully saturated rings. The van der Waals surface area contributed by atoms with Crippen molar-refractivity contribution < 1.29 is 18.7 Å². The van der Waals surface area contributed by atoms with Gasteiger partial charge in [-0.1, -0.05) is 0 Å². The van der Waals surface area contributed by atoms with E-state index in [1.807, 2.05) is 36.7 Å². The van der Waals surface area contributed by atoms with Crippen LogP contribution in [-0.2, 0) is 4.79 Å². The average molecular weight is 479 g/mol. The molecule has 10 heteroatoms. The smallest absolute Gasteiger partial charge is 0.298 e. The summed E-state index contributed by atoms with van der Waals surface area (Å²) in [6.45, 7) is 8.27. The summed E-state index contributed by atoms with van der Waals surface area (Å²) in [4.78, 5) is 19.9. The number of methoxy groups -OCH3 is 1. The predicted molar refractivity (Wildman–Crippen MR) is 129 cm³/mol. The van der Waals surface area contributed by atoms with Crippen LogP contribution in [0.3, 0.4) is 0 Å². The van der Waals surface area contributed by atoms with Gasteiger partial charge in [-0.25, -0.2) is 14.4 Å². The van der Waals surface area contributed by atoms with Crippen LogP contribution in [0, 0.1) is 0 Å². The molecule has 3 aromatic heterocycles. The van der Waals surface area contributed by atoms with Gasteiger partial charge in [0, 0.05) is 34.3 Å². The van der Waals surface area contributed by atoms with Crippen molar-refractivity contribution in [3.05, 3.63) is 36.7 Å². The number of alkyl halides is 1. The summed E-state index contributed by atoms with van der Waals surface area (Å²) in [6, 6.07) is 6.70. The summed E-state index contributed by atoms with van der Waals surface area (Å²) < 4.78 is 27.8. The van der Waals surface area contributed by atoms with Crippen LogP contribution in [0.4, 0.5) is 4.39 Å². The minimum Gasteiger partial charge on any atom is -0.480 e. The molecule has 1 aliphatic heterocycles. The normalized spacial score (nSPS) is 21.2. The highest BCUT2D eigenvalue weighted by molar-refractivity contribution is 5.88. The van der Waals surface area contributed by atoms with Crippen LogP contribution in [-0.4, -0.2) is 55.6 Å². The van der Waals surface area contributed by atoms with Crippen molar-refractivity contribution >= 4 is 28.5 Å². The molecule has 0 unspecified atom stereocenters. The summed E-state index contributed by atoms with van der Waals surface area (Å²) in [5, 5.41) is 13.1. The number of hydrogen-bond donors (Lipinski definition) is 1. The third-order valence-electron chi connectivity index (χ3n) is 6.51. The number of piperidine rings is 1. The van der Waals surface area contributed by atoms with Crippen molar-refractivity contribution in [1.29, 1.82) is 0 Å². The van der Waals surface area contributed by atoms with E-state index in [1.54, 1.807) is 12.1 Å². The van der Waals surface area contributed by atoms with Crippen molar-refractivity contribution in [2.45, 2.75) is 57.4 Å². The monoisotopic (exact) mass is 478 g/mol. The summed E-state index contributed by atoms with van der Waals surface area (Å²) >= 11 is 0. The number of ether oxygens (including phenoxy) is 2. The molecule has 4 heterocycles. The first-order chi connectivity index (χ1) is 16.6. The van der Waals surface area contributed by atoms with E-state index in [9.17, 15) is 4.79 Å². The van der Waals surface area contributed by atoms with Gasteiger partial charge in [0.15, 0.2) is 5.65 Å². The highest BCUT2D eigenvalue weighted by atomic mass is 19.1. The number of carbonyl (C=O) groups excluding carboxylic acids is 1. The third kappa shape index (κ3) is 4.07. The fraction of sp³-hybridized carbons (Fsp3) is 0.400. The van der Waals surface area contributed by atoms with Crippen LogP contribution < -0.4 is 14.8 Å². The lowest BCUT2D eigenvalue weighted by Crippen LogP contribution is -2.64. The molecule has 4 aromatic rings. The number of nitrogens with one attached hydrogen (secondary N) is 1. The van der Waals surface area contributed by atoms with E-state index in [2.05, 4.69) is 39.3 Å². The number of hydrogen-bond acceptors (Lipinski definition) is 8. The van der Waals surface area contributed by atoms with E-state index in [-0.39, 0.29) is 11.3 Å². The van der Waals surface area contributed by atoms with Crippen molar-refractivity contribution in [2.24, 2.45) is 0 Å². The first-order valence-electron chi connectivity index (χ1n) is 11.3. The Labute approximate surface area is 201 Å². The van der Waals surface area contributed by atoms with Gasteiger partial charge in [-0.05, 0) is 52.3 Å². The molecule has 0 radical (unpaired) electrons. The van der Waals surface area contributed by atoms with Crippen LogP contribution in [0.1, 0.15) is 40.2 Å². The zero-order chi connectivity index (χ0) is 25.0. The van der Waals surface area contributed by atoms with Crippen LogP contribution in [0.2, 0.25) is 0 Å². The van der Waals surface area contributed by atoms with Gasteiger partial charge in [0.1, 0.15) is 11.9 Å². The summed E-state index contributed by atoms with van der Waals surface area (Å²) in [6.07, 6.45) is 2.86. The number of rotatable bonds is 5. The van der Waals surface area contributed by atoms with Gasteiger partial charge in [-0.15, -0.1) is 10.2 Å². The van der Waals surface area contributed by atoms with Gasteiger partial charge >= 0.3 is 0 Å². The molecular weight excluding hydrogens is 451 g/mol. The molecule has 1 N–H and O–H groups in total. The zero-order valence-electron chi connectivity index (χ0n) is 20.2. The van der Waals surface area contributed by atoms with Crippen molar-refractivity contribution in [1.82, 2.24) is 30.0 Å². The van der Waals surface area contributed by atoms with E-state index >= 15 is 4.39 Å². The second-order valence-corrected chi connectivity index (χ2v) is 10.1. The quantitative estimate of drug-likeness (QED) is 0.429. The molecule has 1 aliphatic rings. The Hall–Kier alpha value is -3.66. The summed E-state index contributed by atoms with van der Waals surface area (Å²) in [7, 11) is 1.50. The first kappa shape index (κ1) is 23.1. The van der Waals surface area contributed by atoms with Gasteiger partial charge in [0.2, 0.25) is 5.88 Å². The number of nitrogens with zero attached hydrogens (tertiary/aromatic N) is 5.